The van der Waals surface area contributed by atoms with Crippen LogP contribution < -0.4 is 25.2 Å². The number of imide groups is 1. The fourth-order valence-corrected chi connectivity index (χ4v) is 5.73. The van der Waals surface area contributed by atoms with E-state index >= 15 is 0 Å². The van der Waals surface area contributed by atoms with Crippen molar-refractivity contribution in [1.82, 2.24) is 35.6 Å². The monoisotopic (exact) mass is 680 g/mol. The maximum Gasteiger partial charge on any atom is 0.487 e. The number of nitrogens with one attached hydrogen (secondary N) is 3. The molecule has 5 heterocycles. The molecule has 6 rings (SSSR count). The van der Waals surface area contributed by atoms with Gasteiger partial charge in [0.25, 0.3) is 5.91 Å². The van der Waals surface area contributed by atoms with E-state index in [1.807, 2.05) is 13.1 Å². The van der Waals surface area contributed by atoms with Gasteiger partial charge in [-0.15, -0.1) is 13.9 Å². The second kappa shape index (κ2) is 13.9. The van der Waals surface area contributed by atoms with Gasteiger partial charge in [-0.05, 0) is 68.4 Å². The molecule has 3 N–H and O–H groups in total. The van der Waals surface area contributed by atoms with Crippen molar-refractivity contribution in [3.05, 3.63) is 72.2 Å². The lowest BCUT2D eigenvalue weighted by Crippen LogP contribution is -2.50. The quantitative estimate of drug-likeness (QED) is 0.207. The van der Waals surface area contributed by atoms with Gasteiger partial charge in [-0.1, -0.05) is 0 Å². The average molecular weight is 681 g/mol. The minimum absolute atomic E-state index is 0.150. The fraction of sp³-hybridized carbons (Fsp3) is 0.323. The molecule has 14 nitrogen and oxygen atoms in total. The normalized spacial score (nSPS) is 15.9. The topological polar surface area (TPSA) is 162 Å². The Kier molecular flexibility index (Phi) is 9.45. The predicted molar refractivity (Wildman–Crippen MR) is 172 cm³/mol. The smallest absolute Gasteiger partial charge is 0.420 e. The van der Waals surface area contributed by atoms with E-state index in [2.05, 4.69) is 50.5 Å². The zero-order chi connectivity index (χ0) is 33.8. The first kappa shape index (κ1) is 32.7. The van der Waals surface area contributed by atoms with Crippen molar-refractivity contribution in [3.8, 4) is 17.0 Å². The molecule has 0 atom stereocenters. The highest BCUT2D eigenvalue weighted by Crippen LogP contribution is 2.32. The lowest BCUT2D eigenvalue weighted by atomic mass is 10.0. The number of H-pyrrole nitrogens is 1. The first-order chi connectivity index (χ1) is 23.0. The average Bonchev–Trinajstić information content (AvgIpc) is 3.61. The van der Waals surface area contributed by atoms with Gasteiger partial charge in [0.1, 0.15) is 11.6 Å². The van der Waals surface area contributed by atoms with Crippen molar-refractivity contribution in [3.63, 3.8) is 0 Å². The summed E-state index contributed by atoms with van der Waals surface area (Å²) >= 11 is 4.81. The summed E-state index contributed by atoms with van der Waals surface area (Å²) in [6, 6.07) is 12.3. The SMILES string of the molecule is CN(Cc1ccc(N2CCC(=O)NC2=O)nn1)C1CCN(c2ncc(C(=O)Nc3ccc(OC(F)(F)Cl)cc3)cc2-c2cc[nH]n2)CC1. The van der Waals surface area contributed by atoms with Crippen LogP contribution >= 0.6 is 11.6 Å². The van der Waals surface area contributed by atoms with Crippen LogP contribution in [0, 0.1) is 0 Å². The number of halogens is 3. The molecule has 0 bridgehead atoms. The van der Waals surface area contributed by atoms with E-state index in [1.165, 1.54) is 35.4 Å². The van der Waals surface area contributed by atoms with E-state index in [1.54, 1.807) is 24.4 Å². The lowest BCUT2D eigenvalue weighted by molar-refractivity contribution is -0.120. The summed E-state index contributed by atoms with van der Waals surface area (Å²) in [4.78, 5) is 47.1. The van der Waals surface area contributed by atoms with Crippen molar-refractivity contribution in [2.24, 2.45) is 0 Å². The zero-order valence-corrected chi connectivity index (χ0v) is 26.5. The molecule has 0 aliphatic carbocycles. The molecule has 250 valence electrons. The molecule has 1 aromatic carbocycles. The van der Waals surface area contributed by atoms with Crippen molar-refractivity contribution < 1.29 is 27.9 Å². The van der Waals surface area contributed by atoms with Crippen LogP contribution in [-0.2, 0) is 11.3 Å². The number of piperidine rings is 1. The van der Waals surface area contributed by atoms with Crippen molar-refractivity contribution in [2.75, 3.05) is 41.8 Å². The van der Waals surface area contributed by atoms with Gasteiger partial charge in [-0.2, -0.15) is 10.2 Å². The highest BCUT2D eigenvalue weighted by molar-refractivity contribution is 6.20. The van der Waals surface area contributed by atoms with Gasteiger partial charge in [0.2, 0.25) is 5.91 Å². The minimum Gasteiger partial charge on any atom is -0.420 e. The Balaban J connectivity index is 1.08. The third-order valence-corrected chi connectivity index (χ3v) is 8.16. The summed E-state index contributed by atoms with van der Waals surface area (Å²) < 4.78 is 30.1. The van der Waals surface area contributed by atoms with Gasteiger partial charge < -0.3 is 15.0 Å². The number of alkyl halides is 3. The minimum atomic E-state index is -3.84. The number of pyridine rings is 1. The number of urea groups is 1. The first-order valence-corrected chi connectivity index (χ1v) is 15.5. The Hall–Kier alpha value is -5.22. The van der Waals surface area contributed by atoms with E-state index in [-0.39, 0.29) is 30.7 Å². The van der Waals surface area contributed by atoms with E-state index in [0.717, 1.165) is 18.5 Å². The fourth-order valence-electron chi connectivity index (χ4n) is 5.64. The van der Waals surface area contributed by atoms with Gasteiger partial charge in [0.05, 0.1) is 17.0 Å². The summed E-state index contributed by atoms with van der Waals surface area (Å²) in [5.74, 6) is 0.203. The number of carbonyl (C=O) groups is 3. The second-order valence-electron chi connectivity index (χ2n) is 11.4. The van der Waals surface area contributed by atoms with Crippen LogP contribution in [0.2, 0.25) is 0 Å². The van der Waals surface area contributed by atoms with E-state index in [9.17, 15) is 23.2 Å². The van der Waals surface area contributed by atoms with Crippen LogP contribution in [0.15, 0.2) is 60.9 Å². The molecular weight excluding hydrogens is 650 g/mol. The molecular formula is C31H31ClF2N10O4. The number of hydrogen-bond donors (Lipinski definition) is 3. The number of aromatic nitrogens is 5. The van der Waals surface area contributed by atoms with Crippen LogP contribution in [0.5, 0.6) is 5.75 Å². The largest absolute Gasteiger partial charge is 0.487 e. The summed E-state index contributed by atoms with van der Waals surface area (Å²) in [7, 11) is 2.04. The maximum absolute atomic E-state index is 13.1. The Labute approximate surface area is 278 Å². The van der Waals surface area contributed by atoms with E-state index in [0.29, 0.717) is 53.8 Å². The number of carbonyl (C=O) groups excluding carboxylic acids is 3. The Bertz CT molecular complexity index is 1760. The summed E-state index contributed by atoms with van der Waals surface area (Å²) in [5.41, 5.74) is -1.10. The predicted octanol–water partition coefficient (Wildman–Crippen LogP) is 4.23. The van der Waals surface area contributed by atoms with Crippen LogP contribution in [0.1, 0.15) is 35.3 Å². The van der Waals surface area contributed by atoms with Crippen LogP contribution in [0.4, 0.5) is 30.9 Å². The molecule has 3 aromatic heterocycles. The first-order valence-electron chi connectivity index (χ1n) is 15.1. The van der Waals surface area contributed by atoms with Crippen molar-refractivity contribution in [2.45, 2.75) is 37.4 Å². The van der Waals surface area contributed by atoms with Gasteiger partial charge in [0, 0.05) is 73.9 Å². The van der Waals surface area contributed by atoms with Crippen molar-refractivity contribution >= 4 is 46.8 Å². The number of nitrogens with zero attached hydrogens (tertiary/aromatic N) is 7. The molecule has 2 aliphatic rings. The van der Waals surface area contributed by atoms with E-state index in [4.69, 9.17) is 11.6 Å². The Morgan fingerprint density at radius 2 is 1.88 bits per heavy atom. The lowest BCUT2D eigenvalue weighted by Gasteiger charge is -2.37. The van der Waals surface area contributed by atoms with Gasteiger partial charge >= 0.3 is 11.6 Å². The number of ether oxygens (including phenoxy) is 1. The number of rotatable bonds is 10. The standard InChI is InChI=1S/C31H31ClF2N10O4/c1-42(18-21-4-7-26(41-39-21)44-15-11-27(45)38-30(44)47)22-9-13-43(14-10-22)28-24(25-8-12-36-40-25)16-19(17-35-28)29(46)37-20-2-5-23(6-3-20)48-31(32,33)34/h2-8,12,16-17,22H,9-11,13-15,18H2,1H3,(H,36,40)(H,37,46)(H,38,45,47). The zero-order valence-electron chi connectivity index (χ0n) is 25.7. The van der Waals surface area contributed by atoms with Crippen LogP contribution in [0.3, 0.4) is 0 Å². The molecule has 17 heteroatoms. The molecule has 0 unspecified atom stereocenters. The van der Waals surface area contributed by atoms with Gasteiger partial charge in [0.15, 0.2) is 5.82 Å². The van der Waals surface area contributed by atoms with E-state index < -0.39 is 17.5 Å². The number of amides is 4. The van der Waals surface area contributed by atoms with Crippen LogP contribution in [0.25, 0.3) is 11.3 Å². The molecule has 0 saturated carbocycles. The number of benzene rings is 1. The Morgan fingerprint density at radius 1 is 1.10 bits per heavy atom. The molecule has 0 spiro atoms. The third kappa shape index (κ3) is 7.83. The molecule has 4 aromatic rings. The van der Waals surface area contributed by atoms with Crippen LogP contribution in [-0.4, -0.2) is 86.4 Å². The molecule has 48 heavy (non-hydrogen) atoms. The number of hydrogen-bond acceptors (Lipinski definition) is 10. The van der Waals surface area contributed by atoms with Gasteiger partial charge in [-0.3, -0.25) is 29.8 Å². The van der Waals surface area contributed by atoms with Crippen molar-refractivity contribution in [1.29, 1.82) is 0 Å². The molecule has 2 aliphatic heterocycles. The second-order valence-corrected chi connectivity index (χ2v) is 11.8. The highest BCUT2D eigenvalue weighted by Gasteiger charge is 2.29. The maximum atomic E-state index is 13.1. The third-order valence-electron chi connectivity index (χ3n) is 8.09. The summed E-state index contributed by atoms with van der Waals surface area (Å²) in [6.45, 7) is 2.26. The Morgan fingerprint density at radius 3 is 2.52 bits per heavy atom. The molecule has 2 saturated heterocycles. The van der Waals surface area contributed by atoms with Gasteiger partial charge in [-0.25, -0.2) is 9.78 Å². The summed E-state index contributed by atoms with van der Waals surface area (Å²) in [5, 5.41) is 20.7. The number of anilines is 3. The molecule has 4 amide bonds. The molecule has 0 radical (unpaired) electrons. The summed E-state index contributed by atoms with van der Waals surface area (Å²) in [6.07, 6.45) is 5.11. The molecule has 2 fully saturated rings. The number of aromatic amines is 1. The highest BCUT2D eigenvalue weighted by atomic mass is 35.5.